The fourth-order valence-corrected chi connectivity index (χ4v) is 2.15. The highest BCUT2D eigenvalue weighted by atomic mass is 32.2. The summed E-state index contributed by atoms with van der Waals surface area (Å²) in [6, 6.07) is 7.53. The number of nitrogens with zero attached hydrogens (tertiary/aromatic N) is 1. The van der Waals surface area contributed by atoms with Crippen LogP contribution in [0.1, 0.15) is 12.5 Å². The lowest BCUT2D eigenvalue weighted by Crippen LogP contribution is -2.46. The summed E-state index contributed by atoms with van der Waals surface area (Å²) in [5.41, 5.74) is 6.82. The zero-order chi connectivity index (χ0) is 12.8. The molecule has 1 aromatic carbocycles. The van der Waals surface area contributed by atoms with Gasteiger partial charge in [-0.25, -0.2) is 5.84 Å². The number of carbonyl (C=O) groups is 1. The molecule has 1 unspecified atom stereocenters. The minimum absolute atomic E-state index is 0.253. The van der Waals surface area contributed by atoms with Gasteiger partial charge < -0.3 is 5.73 Å². The molecule has 4 nitrogen and oxygen atoms in total. The summed E-state index contributed by atoms with van der Waals surface area (Å²) in [4.78, 5) is 12.7. The number of hydrogen-bond acceptors (Lipinski definition) is 4. The fraction of sp³-hybridized carbons (Fsp3) is 0.417. The first kappa shape index (κ1) is 14.0. The van der Waals surface area contributed by atoms with Crippen molar-refractivity contribution in [2.75, 3.05) is 12.8 Å². The van der Waals surface area contributed by atoms with Crippen LogP contribution in [-0.4, -0.2) is 29.8 Å². The van der Waals surface area contributed by atoms with Crippen LogP contribution in [-0.2, 0) is 11.2 Å². The smallest absolute Gasteiger partial charge is 0.253 e. The van der Waals surface area contributed by atoms with Crippen LogP contribution in [0.5, 0.6) is 0 Å². The van der Waals surface area contributed by atoms with E-state index in [1.54, 1.807) is 11.8 Å². The topological polar surface area (TPSA) is 72.4 Å². The van der Waals surface area contributed by atoms with E-state index in [9.17, 15) is 4.79 Å². The lowest BCUT2D eigenvalue weighted by Gasteiger charge is -2.16. The van der Waals surface area contributed by atoms with Gasteiger partial charge in [0.05, 0.1) is 6.04 Å². The molecule has 1 atom stereocenters. The number of likely N-dealkylation sites (N-methyl/N-ethyl adjacent to an activating group) is 1. The van der Waals surface area contributed by atoms with E-state index in [0.717, 1.165) is 16.3 Å². The van der Waals surface area contributed by atoms with Crippen LogP contribution in [0.25, 0.3) is 0 Å². The second-order valence-electron chi connectivity index (χ2n) is 3.84. The number of amides is 1. The molecule has 5 heteroatoms. The van der Waals surface area contributed by atoms with Gasteiger partial charge in [-0.05, 0) is 29.9 Å². The Morgan fingerprint density at radius 2 is 2.00 bits per heavy atom. The van der Waals surface area contributed by atoms with Crippen molar-refractivity contribution in [1.29, 1.82) is 0 Å². The van der Waals surface area contributed by atoms with Gasteiger partial charge in [-0.3, -0.25) is 9.80 Å². The fourth-order valence-electron chi connectivity index (χ4n) is 1.49. The van der Waals surface area contributed by atoms with Crippen LogP contribution in [0.3, 0.4) is 0 Å². The van der Waals surface area contributed by atoms with Crippen LogP contribution in [0.15, 0.2) is 29.2 Å². The molecule has 0 bridgehead atoms. The van der Waals surface area contributed by atoms with Crippen LogP contribution >= 0.6 is 11.8 Å². The lowest BCUT2D eigenvalue weighted by atomic mass is 10.1. The van der Waals surface area contributed by atoms with E-state index >= 15 is 0 Å². The molecule has 0 saturated carbocycles. The molecule has 17 heavy (non-hydrogen) atoms. The van der Waals surface area contributed by atoms with Gasteiger partial charge in [0.1, 0.15) is 0 Å². The Labute approximate surface area is 106 Å². The molecule has 1 aromatic rings. The number of hydrazine groups is 1. The van der Waals surface area contributed by atoms with Crippen molar-refractivity contribution >= 4 is 17.7 Å². The Morgan fingerprint density at radius 3 is 2.47 bits per heavy atom. The average Bonchev–Trinajstić information content (AvgIpc) is 2.30. The first-order valence-corrected chi connectivity index (χ1v) is 6.52. The van der Waals surface area contributed by atoms with Gasteiger partial charge in [0.2, 0.25) is 0 Å². The first-order chi connectivity index (χ1) is 8.04. The summed E-state index contributed by atoms with van der Waals surface area (Å²) >= 11 is 1.79. The Kier molecular flexibility index (Phi) is 5.47. The molecule has 0 aromatic heterocycles. The molecule has 0 aliphatic heterocycles. The molecular formula is C12H19N3OS. The second-order valence-corrected chi connectivity index (χ2v) is 5.17. The maximum absolute atomic E-state index is 11.5. The van der Waals surface area contributed by atoms with Crippen molar-refractivity contribution in [3.8, 4) is 0 Å². The van der Waals surface area contributed by atoms with E-state index in [1.807, 2.05) is 24.3 Å². The van der Waals surface area contributed by atoms with E-state index in [1.165, 1.54) is 11.9 Å². The largest absolute Gasteiger partial charge is 0.320 e. The van der Waals surface area contributed by atoms with E-state index in [0.29, 0.717) is 6.42 Å². The SMILES string of the molecule is CCSc1ccc(CC(N)C(=O)N(C)N)cc1. The summed E-state index contributed by atoms with van der Waals surface area (Å²) in [7, 11) is 1.50. The molecule has 0 saturated heterocycles. The predicted molar refractivity (Wildman–Crippen MR) is 71.5 cm³/mol. The second kappa shape index (κ2) is 6.64. The van der Waals surface area contributed by atoms with Crippen LogP contribution in [0.4, 0.5) is 0 Å². The van der Waals surface area contributed by atoms with Crippen molar-refractivity contribution in [1.82, 2.24) is 5.01 Å². The molecule has 94 valence electrons. The highest BCUT2D eigenvalue weighted by Crippen LogP contribution is 2.18. The molecule has 4 N–H and O–H groups in total. The van der Waals surface area contributed by atoms with Gasteiger partial charge in [0, 0.05) is 11.9 Å². The van der Waals surface area contributed by atoms with Gasteiger partial charge in [-0.2, -0.15) is 0 Å². The van der Waals surface area contributed by atoms with E-state index < -0.39 is 6.04 Å². The van der Waals surface area contributed by atoms with Crippen LogP contribution < -0.4 is 11.6 Å². The number of rotatable bonds is 5. The standard InChI is InChI=1S/C12H19N3OS/c1-3-17-10-6-4-9(5-7-10)8-11(13)12(16)15(2)14/h4-7,11H,3,8,13-14H2,1-2H3. The molecule has 1 rings (SSSR count). The van der Waals surface area contributed by atoms with Crippen molar-refractivity contribution < 1.29 is 4.79 Å². The summed E-state index contributed by atoms with van der Waals surface area (Å²) in [5, 5.41) is 1.03. The van der Waals surface area contributed by atoms with Crippen molar-refractivity contribution in [2.24, 2.45) is 11.6 Å². The average molecular weight is 253 g/mol. The Morgan fingerprint density at radius 1 is 1.41 bits per heavy atom. The molecular weight excluding hydrogens is 234 g/mol. The molecule has 0 fully saturated rings. The lowest BCUT2D eigenvalue weighted by molar-refractivity contribution is -0.131. The summed E-state index contributed by atoms with van der Waals surface area (Å²) < 4.78 is 0. The highest BCUT2D eigenvalue weighted by molar-refractivity contribution is 7.99. The maximum Gasteiger partial charge on any atom is 0.253 e. The van der Waals surface area contributed by atoms with Gasteiger partial charge in [-0.1, -0.05) is 19.1 Å². The number of thioether (sulfide) groups is 1. The third-order valence-electron chi connectivity index (χ3n) is 2.35. The zero-order valence-corrected chi connectivity index (χ0v) is 11.0. The van der Waals surface area contributed by atoms with E-state index in [4.69, 9.17) is 11.6 Å². The predicted octanol–water partition coefficient (Wildman–Crippen LogP) is 1.00. The molecule has 1 amide bonds. The molecule has 0 spiro atoms. The first-order valence-electron chi connectivity index (χ1n) is 5.54. The monoisotopic (exact) mass is 253 g/mol. The molecule has 0 heterocycles. The van der Waals surface area contributed by atoms with Crippen molar-refractivity contribution in [3.05, 3.63) is 29.8 Å². The number of nitrogens with two attached hydrogens (primary N) is 2. The summed E-state index contributed by atoms with van der Waals surface area (Å²) in [6.45, 7) is 2.12. The number of carbonyl (C=O) groups excluding carboxylic acids is 1. The Hall–Kier alpha value is -1.04. The van der Waals surface area contributed by atoms with Crippen LogP contribution in [0, 0.1) is 0 Å². The molecule has 0 radical (unpaired) electrons. The Balaban J connectivity index is 2.60. The molecule has 0 aliphatic carbocycles. The zero-order valence-electron chi connectivity index (χ0n) is 10.2. The van der Waals surface area contributed by atoms with Gasteiger partial charge in [-0.15, -0.1) is 11.8 Å². The maximum atomic E-state index is 11.5. The van der Waals surface area contributed by atoms with Gasteiger partial charge >= 0.3 is 0 Å². The van der Waals surface area contributed by atoms with Gasteiger partial charge in [0.15, 0.2) is 0 Å². The van der Waals surface area contributed by atoms with Crippen molar-refractivity contribution in [2.45, 2.75) is 24.3 Å². The van der Waals surface area contributed by atoms with Crippen LogP contribution in [0.2, 0.25) is 0 Å². The normalized spacial score (nSPS) is 12.2. The minimum atomic E-state index is -0.574. The number of hydrogen-bond donors (Lipinski definition) is 2. The third kappa shape index (κ3) is 4.38. The summed E-state index contributed by atoms with van der Waals surface area (Å²) in [6.07, 6.45) is 0.511. The van der Waals surface area contributed by atoms with Crippen molar-refractivity contribution in [3.63, 3.8) is 0 Å². The molecule has 0 aliphatic rings. The Bertz CT molecular complexity index is 365. The van der Waals surface area contributed by atoms with E-state index in [-0.39, 0.29) is 5.91 Å². The van der Waals surface area contributed by atoms with Gasteiger partial charge in [0.25, 0.3) is 5.91 Å². The quantitative estimate of drug-likeness (QED) is 0.355. The highest BCUT2D eigenvalue weighted by Gasteiger charge is 2.16. The third-order valence-corrected chi connectivity index (χ3v) is 3.25. The van der Waals surface area contributed by atoms with E-state index in [2.05, 4.69) is 6.92 Å². The number of benzene rings is 1. The summed E-state index contributed by atoms with van der Waals surface area (Å²) in [5.74, 6) is 6.15. The minimum Gasteiger partial charge on any atom is -0.320 e.